The van der Waals surface area contributed by atoms with Crippen molar-refractivity contribution in [3.05, 3.63) is 47.4 Å². The third-order valence-electron chi connectivity index (χ3n) is 2.67. The molecule has 4 nitrogen and oxygen atoms in total. The molecule has 0 N–H and O–H groups in total. The maximum absolute atomic E-state index is 12.0. The quantitative estimate of drug-likeness (QED) is 0.476. The highest BCUT2D eigenvalue weighted by molar-refractivity contribution is 8.18. The van der Waals surface area contributed by atoms with Crippen molar-refractivity contribution in [2.24, 2.45) is 0 Å². The zero-order valence-corrected chi connectivity index (χ0v) is 12.1. The van der Waals surface area contributed by atoms with E-state index in [1.807, 2.05) is 12.1 Å². The predicted molar refractivity (Wildman–Crippen MR) is 83.6 cm³/mol. The van der Waals surface area contributed by atoms with E-state index in [1.165, 1.54) is 0 Å². The second-order valence-electron chi connectivity index (χ2n) is 4.14. The maximum Gasteiger partial charge on any atom is 0.294 e. The monoisotopic (exact) mass is 299 g/mol. The molecular formula is C16H13NO3S. The molecule has 1 aliphatic rings. The van der Waals surface area contributed by atoms with E-state index >= 15 is 0 Å². The molecule has 2 rings (SSSR count). The van der Waals surface area contributed by atoms with Crippen LogP contribution in [-0.2, 0) is 4.79 Å². The summed E-state index contributed by atoms with van der Waals surface area (Å²) in [5.41, 5.74) is 0.812. The third kappa shape index (κ3) is 3.56. The van der Waals surface area contributed by atoms with Crippen LogP contribution in [0.4, 0.5) is 4.79 Å². The van der Waals surface area contributed by atoms with E-state index < -0.39 is 0 Å². The number of hydrogen-bond donors (Lipinski definition) is 0. The average molecular weight is 299 g/mol. The van der Waals surface area contributed by atoms with Gasteiger partial charge in [0.15, 0.2) is 0 Å². The predicted octanol–water partition coefficient (Wildman–Crippen LogP) is 2.92. The Bertz CT molecular complexity index is 640. The first kappa shape index (κ1) is 14.9. The van der Waals surface area contributed by atoms with Crippen LogP contribution in [0.2, 0.25) is 0 Å². The van der Waals surface area contributed by atoms with Crippen LogP contribution in [0.1, 0.15) is 5.56 Å². The van der Waals surface area contributed by atoms with Crippen LogP contribution >= 0.6 is 11.8 Å². The second kappa shape index (κ2) is 6.82. The normalized spacial score (nSPS) is 16.1. The van der Waals surface area contributed by atoms with Crippen molar-refractivity contribution in [1.29, 1.82) is 0 Å². The smallest absolute Gasteiger partial charge is 0.294 e. The molecule has 0 aromatic heterocycles. The number of amides is 2. The Morgan fingerprint density at radius 2 is 2.05 bits per heavy atom. The van der Waals surface area contributed by atoms with Gasteiger partial charge in [-0.3, -0.25) is 14.5 Å². The van der Waals surface area contributed by atoms with E-state index in [0.29, 0.717) is 17.3 Å². The molecule has 0 saturated carbocycles. The molecule has 5 heteroatoms. The van der Waals surface area contributed by atoms with Gasteiger partial charge in [-0.1, -0.05) is 30.7 Å². The van der Waals surface area contributed by atoms with Gasteiger partial charge in [0.2, 0.25) is 0 Å². The molecule has 0 spiro atoms. The lowest BCUT2D eigenvalue weighted by Gasteiger charge is -2.06. The molecule has 106 valence electrons. The van der Waals surface area contributed by atoms with Gasteiger partial charge < -0.3 is 4.74 Å². The lowest BCUT2D eigenvalue weighted by Crippen LogP contribution is -2.28. The summed E-state index contributed by atoms with van der Waals surface area (Å²) in [6.07, 6.45) is 8.47. The van der Waals surface area contributed by atoms with Gasteiger partial charge in [0, 0.05) is 0 Å². The summed E-state index contributed by atoms with van der Waals surface area (Å²) in [6.45, 7) is 4.01. The Kier molecular flexibility index (Phi) is 4.85. The first-order chi connectivity index (χ1) is 10.2. The van der Waals surface area contributed by atoms with E-state index in [1.54, 1.807) is 24.3 Å². The fourth-order valence-electron chi connectivity index (χ4n) is 1.69. The number of carbonyl (C=O) groups excluding carboxylic acids is 2. The highest BCUT2D eigenvalue weighted by Gasteiger charge is 2.34. The van der Waals surface area contributed by atoms with Gasteiger partial charge >= 0.3 is 0 Å². The molecule has 2 amide bonds. The van der Waals surface area contributed by atoms with Crippen LogP contribution in [0.15, 0.2) is 41.8 Å². The molecule has 1 fully saturated rings. The topological polar surface area (TPSA) is 46.6 Å². The minimum atomic E-state index is -0.352. The highest BCUT2D eigenvalue weighted by atomic mass is 32.2. The number of carbonyl (C=O) groups is 2. The van der Waals surface area contributed by atoms with Crippen LogP contribution in [-0.4, -0.2) is 29.2 Å². The fraction of sp³-hybridized carbons (Fsp3) is 0.125. The van der Waals surface area contributed by atoms with Gasteiger partial charge in [-0.15, -0.1) is 6.42 Å². The number of ether oxygens (including phenoxy) is 1. The lowest BCUT2D eigenvalue weighted by molar-refractivity contribution is -0.122. The van der Waals surface area contributed by atoms with Crippen molar-refractivity contribution >= 4 is 29.0 Å². The molecule has 0 atom stereocenters. The van der Waals surface area contributed by atoms with Crippen molar-refractivity contribution in [3.8, 4) is 18.1 Å². The number of thioether (sulfide) groups is 1. The number of rotatable bonds is 5. The molecule has 21 heavy (non-hydrogen) atoms. The van der Waals surface area contributed by atoms with Crippen molar-refractivity contribution < 1.29 is 14.3 Å². The standard InChI is InChI=1S/C16H13NO3S/c1-3-9-17-15(18)14(21-16(17)19)11-12-5-7-13(8-6-12)20-10-4-2/h1,4-8,11H,2,9-10H2/b14-11+. The summed E-state index contributed by atoms with van der Waals surface area (Å²) in [4.78, 5) is 25.1. The maximum atomic E-state index is 12.0. The highest BCUT2D eigenvalue weighted by Crippen LogP contribution is 2.32. The zero-order chi connectivity index (χ0) is 15.2. The van der Waals surface area contributed by atoms with Crippen LogP contribution in [0, 0.1) is 12.3 Å². The van der Waals surface area contributed by atoms with Crippen LogP contribution < -0.4 is 4.74 Å². The molecule has 1 saturated heterocycles. The second-order valence-corrected chi connectivity index (χ2v) is 5.13. The molecule has 0 unspecified atom stereocenters. The number of terminal acetylenes is 1. The Labute approximate surface area is 127 Å². The minimum Gasteiger partial charge on any atom is -0.490 e. The molecule has 1 aliphatic heterocycles. The van der Waals surface area contributed by atoms with Crippen molar-refractivity contribution in [3.63, 3.8) is 0 Å². The Morgan fingerprint density at radius 1 is 1.33 bits per heavy atom. The SMILES string of the molecule is C#CCN1C(=O)S/C(=C/c2ccc(OCC=C)cc2)C1=O. The van der Waals surface area contributed by atoms with Crippen LogP contribution in [0.25, 0.3) is 6.08 Å². The summed E-state index contributed by atoms with van der Waals surface area (Å²) < 4.78 is 5.37. The van der Waals surface area contributed by atoms with E-state index in [-0.39, 0.29) is 17.7 Å². The van der Waals surface area contributed by atoms with E-state index in [9.17, 15) is 9.59 Å². The number of nitrogens with zero attached hydrogens (tertiary/aromatic N) is 1. The van der Waals surface area contributed by atoms with Crippen molar-refractivity contribution in [1.82, 2.24) is 4.90 Å². The van der Waals surface area contributed by atoms with Gasteiger partial charge in [0.25, 0.3) is 11.1 Å². The summed E-state index contributed by atoms with van der Waals surface area (Å²) in [7, 11) is 0. The van der Waals surface area contributed by atoms with Gasteiger partial charge in [-0.25, -0.2) is 0 Å². The van der Waals surface area contributed by atoms with Crippen molar-refractivity contribution in [2.75, 3.05) is 13.2 Å². The van der Waals surface area contributed by atoms with Crippen LogP contribution in [0.3, 0.4) is 0 Å². The van der Waals surface area contributed by atoms with E-state index in [2.05, 4.69) is 12.5 Å². The van der Waals surface area contributed by atoms with E-state index in [4.69, 9.17) is 11.2 Å². The minimum absolute atomic E-state index is 0.00363. The summed E-state index contributed by atoms with van der Waals surface area (Å²) in [5.74, 6) is 2.66. The van der Waals surface area contributed by atoms with Gasteiger partial charge in [-0.2, -0.15) is 0 Å². The van der Waals surface area contributed by atoms with Crippen LogP contribution in [0.5, 0.6) is 5.75 Å². The molecule has 1 aromatic carbocycles. The van der Waals surface area contributed by atoms with Gasteiger partial charge in [0.05, 0.1) is 11.4 Å². The van der Waals surface area contributed by atoms with Gasteiger partial charge in [-0.05, 0) is 35.5 Å². The fourth-order valence-corrected chi connectivity index (χ4v) is 2.53. The molecule has 1 heterocycles. The number of imide groups is 1. The molecular weight excluding hydrogens is 286 g/mol. The summed E-state index contributed by atoms with van der Waals surface area (Å²) in [6, 6.07) is 7.21. The van der Waals surface area contributed by atoms with Gasteiger partial charge in [0.1, 0.15) is 12.4 Å². The first-order valence-corrected chi connectivity index (χ1v) is 7.00. The largest absolute Gasteiger partial charge is 0.490 e. The Morgan fingerprint density at radius 3 is 2.67 bits per heavy atom. The number of benzene rings is 1. The summed E-state index contributed by atoms with van der Waals surface area (Å²) in [5, 5.41) is -0.338. The summed E-state index contributed by atoms with van der Waals surface area (Å²) >= 11 is 0.893. The zero-order valence-electron chi connectivity index (χ0n) is 11.2. The molecule has 0 radical (unpaired) electrons. The molecule has 0 bridgehead atoms. The number of hydrogen-bond acceptors (Lipinski definition) is 4. The Hall–Kier alpha value is -2.45. The molecule has 1 aromatic rings. The first-order valence-electron chi connectivity index (χ1n) is 6.18. The van der Waals surface area contributed by atoms with Crippen molar-refractivity contribution in [2.45, 2.75) is 0 Å². The third-order valence-corrected chi connectivity index (χ3v) is 3.58. The lowest BCUT2D eigenvalue weighted by atomic mass is 10.2. The average Bonchev–Trinajstić information content (AvgIpc) is 2.75. The molecule has 0 aliphatic carbocycles. The Balaban J connectivity index is 2.13. The van der Waals surface area contributed by atoms with E-state index in [0.717, 1.165) is 22.2 Å².